The fraction of sp³-hybridized carbons (Fsp3) is 0.480. The number of carboxylic acids is 1. The molecule has 0 radical (unpaired) electrons. The first-order valence-electron chi connectivity index (χ1n) is 10.7. The predicted molar refractivity (Wildman–Crippen MR) is 120 cm³/mol. The van der Waals surface area contributed by atoms with Gasteiger partial charge >= 0.3 is 5.97 Å². The van der Waals surface area contributed by atoms with Crippen LogP contribution in [0.5, 0.6) is 0 Å². The summed E-state index contributed by atoms with van der Waals surface area (Å²) in [5.41, 5.74) is 6.54. The topological polar surface area (TPSA) is 40.5 Å². The summed E-state index contributed by atoms with van der Waals surface area (Å²) in [6.45, 7) is 8.86. The maximum absolute atomic E-state index is 11.3. The zero-order valence-corrected chi connectivity index (χ0v) is 18.5. The van der Waals surface area contributed by atoms with Gasteiger partial charge in [0.2, 0.25) is 0 Å². The van der Waals surface area contributed by atoms with Crippen LogP contribution in [0.3, 0.4) is 0 Å². The number of hydrogen-bond acceptors (Lipinski definition) is 2. The van der Waals surface area contributed by atoms with E-state index in [2.05, 4.69) is 56.0 Å². The Balaban J connectivity index is 1.76. The van der Waals surface area contributed by atoms with Gasteiger partial charge < -0.3 is 5.11 Å². The highest BCUT2D eigenvalue weighted by molar-refractivity contribution is 6.31. The van der Waals surface area contributed by atoms with Gasteiger partial charge in [-0.1, -0.05) is 55.8 Å². The van der Waals surface area contributed by atoms with Gasteiger partial charge in [0, 0.05) is 18.1 Å². The summed E-state index contributed by atoms with van der Waals surface area (Å²) in [6, 6.07) is 13.2. The number of carbonyl (C=O) groups is 1. The summed E-state index contributed by atoms with van der Waals surface area (Å²) in [4.78, 5) is 13.6. The van der Waals surface area contributed by atoms with E-state index in [0.29, 0.717) is 12.5 Å². The summed E-state index contributed by atoms with van der Waals surface area (Å²) in [5, 5.41) is 10.1. The average Bonchev–Trinajstić information content (AvgIpc) is 3.17. The lowest BCUT2D eigenvalue weighted by molar-refractivity contribution is -0.141. The highest BCUT2D eigenvalue weighted by Crippen LogP contribution is 2.29. The van der Waals surface area contributed by atoms with Crippen LogP contribution in [0.2, 0.25) is 5.02 Å². The minimum Gasteiger partial charge on any atom is -0.481 e. The van der Waals surface area contributed by atoms with Gasteiger partial charge in [-0.2, -0.15) is 0 Å². The third-order valence-electron chi connectivity index (χ3n) is 6.30. The van der Waals surface area contributed by atoms with Gasteiger partial charge in [-0.3, -0.25) is 9.69 Å². The Morgan fingerprint density at radius 1 is 1.21 bits per heavy atom. The van der Waals surface area contributed by atoms with Gasteiger partial charge in [0.1, 0.15) is 0 Å². The lowest BCUT2D eigenvalue weighted by Crippen LogP contribution is -2.23. The van der Waals surface area contributed by atoms with Gasteiger partial charge in [0.15, 0.2) is 0 Å². The quantitative estimate of drug-likeness (QED) is 0.589. The standard InChI is InChI=1S/C25H32ClNO2/c1-4-19-7-6-18(13-20(5-2)21-8-9-24(26)17(3)12-21)14-23(19)16-27-11-10-22(15-27)25(28)29/h6-9,12,14,20,22H,4-5,10-11,13,15-16H2,1-3H3,(H,28,29)/t20-,22+/m0/s1. The van der Waals surface area contributed by atoms with Gasteiger partial charge in [-0.25, -0.2) is 0 Å². The van der Waals surface area contributed by atoms with Gasteiger partial charge in [0.25, 0.3) is 0 Å². The summed E-state index contributed by atoms with van der Waals surface area (Å²) >= 11 is 6.21. The lowest BCUT2D eigenvalue weighted by Gasteiger charge is -2.21. The molecule has 0 unspecified atom stereocenters. The number of rotatable bonds is 8. The number of nitrogens with zero attached hydrogens (tertiary/aromatic N) is 1. The first-order chi connectivity index (χ1) is 13.9. The van der Waals surface area contributed by atoms with Crippen LogP contribution in [0.25, 0.3) is 0 Å². The van der Waals surface area contributed by atoms with Crippen LogP contribution in [0.15, 0.2) is 36.4 Å². The van der Waals surface area contributed by atoms with E-state index in [9.17, 15) is 9.90 Å². The second-order valence-corrected chi connectivity index (χ2v) is 8.74. The molecule has 3 nitrogen and oxygen atoms in total. The fourth-order valence-electron chi connectivity index (χ4n) is 4.42. The van der Waals surface area contributed by atoms with E-state index in [4.69, 9.17) is 11.6 Å². The molecule has 1 N–H and O–H groups in total. The molecule has 1 aliphatic heterocycles. The highest BCUT2D eigenvalue weighted by Gasteiger charge is 2.28. The normalized spacial score (nSPS) is 18.1. The molecule has 1 heterocycles. The Morgan fingerprint density at radius 2 is 2.00 bits per heavy atom. The molecule has 3 rings (SSSR count). The summed E-state index contributed by atoms with van der Waals surface area (Å²) in [6.07, 6.45) is 3.84. The molecule has 0 aliphatic carbocycles. The summed E-state index contributed by atoms with van der Waals surface area (Å²) in [5.74, 6) is -0.420. The van der Waals surface area contributed by atoms with Crippen LogP contribution in [0.1, 0.15) is 60.4 Å². The van der Waals surface area contributed by atoms with Crippen LogP contribution in [-0.4, -0.2) is 29.1 Å². The van der Waals surface area contributed by atoms with E-state index < -0.39 is 5.97 Å². The molecular formula is C25H32ClNO2. The largest absolute Gasteiger partial charge is 0.481 e. The smallest absolute Gasteiger partial charge is 0.307 e. The van der Waals surface area contributed by atoms with Crippen LogP contribution in [-0.2, 0) is 24.2 Å². The molecule has 2 atom stereocenters. The van der Waals surface area contributed by atoms with Gasteiger partial charge in [-0.15, -0.1) is 0 Å². The molecule has 2 aromatic carbocycles. The molecule has 0 aromatic heterocycles. The molecule has 1 saturated heterocycles. The molecule has 4 heteroatoms. The molecule has 29 heavy (non-hydrogen) atoms. The predicted octanol–water partition coefficient (Wildman–Crippen LogP) is 5.85. The monoisotopic (exact) mass is 413 g/mol. The van der Waals surface area contributed by atoms with Crippen molar-refractivity contribution in [1.82, 2.24) is 4.90 Å². The van der Waals surface area contributed by atoms with E-state index in [-0.39, 0.29) is 5.92 Å². The second-order valence-electron chi connectivity index (χ2n) is 8.33. The number of halogens is 1. The Hall–Kier alpha value is -1.84. The molecule has 0 bridgehead atoms. The number of carboxylic acid groups (broad SMARTS) is 1. The maximum Gasteiger partial charge on any atom is 0.307 e. The highest BCUT2D eigenvalue weighted by atomic mass is 35.5. The van der Waals surface area contributed by atoms with Crippen molar-refractivity contribution < 1.29 is 9.90 Å². The van der Waals surface area contributed by atoms with Crippen molar-refractivity contribution in [3.63, 3.8) is 0 Å². The SMILES string of the molecule is CCc1ccc(C[C@H](CC)c2ccc(Cl)c(C)c2)cc1CN1CC[C@@H](C(=O)O)C1. The zero-order valence-electron chi connectivity index (χ0n) is 17.7. The van der Waals surface area contributed by atoms with Crippen LogP contribution < -0.4 is 0 Å². The molecule has 156 valence electrons. The van der Waals surface area contributed by atoms with E-state index >= 15 is 0 Å². The lowest BCUT2D eigenvalue weighted by atomic mass is 9.88. The average molecular weight is 414 g/mol. The third kappa shape index (κ3) is 5.40. The molecule has 2 aromatic rings. The van der Waals surface area contributed by atoms with Crippen molar-refractivity contribution in [2.45, 2.75) is 58.9 Å². The van der Waals surface area contributed by atoms with E-state index in [0.717, 1.165) is 49.4 Å². The van der Waals surface area contributed by atoms with E-state index in [1.54, 1.807) is 0 Å². The van der Waals surface area contributed by atoms with Crippen molar-refractivity contribution in [3.05, 3.63) is 69.2 Å². The molecule has 1 fully saturated rings. The molecule has 0 spiro atoms. The Morgan fingerprint density at radius 3 is 2.62 bits per heavy atom. The Kier molecular flexibility index (Phi) is 7.37. The van der Waals surface area contributed by atoms with Crippen molar-refractivity contribution in [2.24, 2.45) is 5.92 Å². The van der Waals surface area contributed by atoms with Crippen molar-refractivity contribution >= 4 is 17.6 Å². The summed E-state index contributed by atoms with van der Waals surface area (Å²) < 4.78 is 0. The van der Waals surface area contributed by atoms with Crippen molar-refractivity contribution in [3.8, 4) is 0 Å². The zero-order chi connectivity index (χ0) is 21.0. The number of aryl methyl sites for hydroxylation is 2. The number of likely N-dealkylation sites (tertiary alicyclic amines) is 1. The third-order valence-corrected chi connectivity index (χ3v) is 6.72. The van der Waals surface area contributed by atoms with E-state index in [1.807, 2.05) is 6.07 Å². The van der Waals surface area contributed by atoms with E-state index in [1.165, 1.54) is 22.3 Å². The summed E-state index contributed by atoms with van der Waals surface area (Å²) in [7, 11) is 0. The maximum atomic E-state index is 11.3. The number of aliphatic carboxylic acids is 1. The first-order valence-corrected chi connectivity index (χ1v) is 11.1. The second kappa shape index (κ2) is 9.77. The van der Waals surface area contributed by atoms with Crippen molar-refractivity contribution in [2.75, 3.05) is 13.1 Å². The molecule has 0 saturated carbocycles. The van der Waals surface area contributed by atoms with Crippen LogP contribution in [0, 0.1) is 12.8 Å². The Labute approximate surface area is 179 Å². The first kappa shape index (κ1) is 21.9. The minimum atomic E-state index is -0.666. The fourth-order valence-corrected chi connectivity index (χ4v) is 4.54. The van der Waals surface area contributed by atoms with Crippen LogP contribution in [0.4, 0.5) is 0 Å². The van der Waals surface area contributed by atoms with Crippen molar-refractivity contribution in [1.29, 1.82) is 0 Å². The molecule has 1 aliphatic rings. The minimum absolute atomic E-state index is 0.221. The molecule has 0 amide bonds. The molecular weight excluding hydrogens is 382 g/mol. The van der Waals surface area contributed by atoms with Gasteiger partial charge in [-0.05, 0) is 79.0 Å². The number of benzene rings is 2. The Bertz CT molecular complexity index is 864. The van der Waals surface area contributed by atoms with Gasteiger partial charge in [0.05, 0.1) is 5.92 Å². The van der Waals surface area contributed by atoms with Crippen LogP contribution >= 0.6 is 11.6 Å². The number of hydrogen-bond donors (Lipinski definition) is 1.